The van der Waals surface area contributed by atoms with Gasteiger partial charge >= 0.3 is 0 Å². The first-order valence-electron chi connectivity index (χ1n) is 13.6. The lowest BCUT2D eigenvalue weighted by atomic mass is 9.90. The molecular weight excluding hydrogens is 552 g/mol. The number of carbonyl (C=O) groups is 1. The average Bonchev–Trinajstić information content (AvgIpc) is 2.96. The number of rotatable bonds is 7. The minimum absolute atomic E-state index is 0.129. The van der Waals surface area contributed by atoms with E-state index in [1.807, 2.05) is 55.5 Å². The largest absolute Gasteiger partial charge is 0.324 e. The molecule has 0 saturated carbocycles. The van der Waals surface area contributed by atoms with Gasteiger partial charge < -0.3 is 15.5 Å². The van der Waals surface area contributed by atoms with Gasteiger partial charge in [0.25, 0.3) is 5.91 Å². The third kappa shape index (κ3) is 9.74. The quantitative estimate of drug-likeness (QED) is 0.210. The summed E-state index contributed by atoms with van der Waals surface area (Å²) < 4.78 is 24.2. The number of hydrogen-bond donors (Lipinski definition) is 4. The topological polar surface area (TPSA) is 141 Å². The Labute approximate surface area is 246 Å². The lowest BCUT2D eigenvalue weighted by Gasteiger charge is -2.28. The molecule has 0 unspecified atom stereocenters. The fraction of sp³-hybridized carbons (Fsp3) is 0.258. The van der Waals surface area contributed by atoms with Crippen molar-refractivity contribution < 1.29 is 18.1 Å². The zero-order chi connectivity index (χ0) is 30.1. The van der Waals surface area contributed by atoms with Crippen molar-refractivity contribution in [1.82, 2.24) is 19.9 Å². The SMILES string of the molecule is C=S(=O)(O)O.Cc1ccc(NC(=O)c2ccc(CC3CCN(C)CC3)cc2)cc1Nc1nccc(-c2cccnc2)n1. The van der Waals surface area contributed by atoms with E-state index in [1.54, 1.807) is 18.6 Å². The van der Waals surface area contributed by atoms with Crippen molar-refractivity contribution in [2.45, 2.75) is 26.2 Å². The molecule has 0 atom stereocenters. The molecule has 4 N–H and O–H groups in total. The van der Waals surface area contributed by atoms with Crippen molar-refractivity contribution in [2.75, 3.05) is 30.8 Å². The first kappa shape index (κ1) is 30.8. The van der Waals surface area contributed by atoms with Crippen molar-refractivity contribution in [3.8, 4) is 11.3 Å². The van der Waals surface area contributed by atoms with Crippen LogP contribution in [0, 0.1) is 12.8 Å². The van der Waals surface area contributed by atoms with Crippen LogP contribution < -0.4 is 10.6 Å². The van der Waals surface area contributed by atoms with Gasteiger partial charge in [-0.2, -0.15) is 0 Å². The molecule has 1 aliphatic rings. The van der Waals surface area contributed by atoms with Crippen LogP contribution in [0.2, 0.25) is 0 Å². The van der Waals surface area contributed by atoms with E-state index in [9.17, 15) is 9.00 Å². The summed E-state index contributed by atoms with van der Waals surface area (Å²) in [5.41, 5.74) is 6.20. The van der Waals surface area contributed by atoms with Crippen LogP contribution >= 0.6 is 0 Å². The number of likely N-dealkylation sites (tertiary alicyclic amines) is 1. The van der Waals surface area contributed by atoms with Gasteiger partial charge in [-0.25, -0.2) is 14.2 Å². The monoisotopic (exact) mass is 588 g/mol. The van der Waals surface area contributed by atoms with Crippen molar-refractivity contribution in [1.29, 1.82) is 0 Å². The molecule has 4 aromatic rings. The Hall–Kier alpha value is -4.16. The highest BCUT2D eigenvalue weighted by Crippen LogP contribution is 2.25. The number of pyridine rings is 1. The first-order chi connectivity index (χ1) is 20.0. The Morgan fingerprint density at radius 3 is 2.45 bits per heavy atom. The summed E-state index contributed by atoms with van der Waals surface area (Å²) in [5.74, 6) is 3.49. The van der Waals surface area contributed by atoms with Crippen molar-refractivity contribution in [2.24, 2.45) is 5.92 Å². The van der Waals surface area contributed by atoms with Gasteiger partial charge in [-0.1, -0.05) is 18.2 Å². The molecule has 42 heavy (non-hydrogen) atoms. The lowest BCUT2D eigenvalue weighted by molar-refractivity contribution is 0.102. The van der Waals surface area contributed by atoms with Crippen LogP contribution in [0.5, 0.6) is 0 Å². The Kier molecular flexibility index (Phi) is 10.4. The number of anilines is 3. The summed E-state index contributed by atoms with van der Waals surface area (Å²) in [6, 6.07) is 19.5. The Bertz CT molecular complexity index is 1580. The fourth-order valence-electron chi connectivity index (χ4n) is 4.64. The Balaban J connectivity index is 0.000000748. The molecule has 0 aliphatic carbocycles. The van der Waals surface area contributed by atoms with Gasteiger partial charge in [0, 0.05) is 47.0 Å². The maximum absolute atomic E-state index is 12.9. The second-order valence-corrected chi connectivity index (χ2v) is 11.6. The van der Waals surface area contributed by atoms with E-state index in [2.05, 4.69) is 55.5 Å². The van der Waals surface area contributed by atoms with Crippen LogP contribution in [0.3, 0.4) is 0 Å². The van der Waals surface area contributed by atoms with Gasteiger partial charge in [-0.3, -0.25) is 18.9 Å². The molecule has 10 nitrogen and oxygen atoms in total. The summed E-state index contributed by atoms with van der Waals surface area (Å²) in [4.78, 5) is 28.5. The maximum Gasteiger partial charge on any atom is 0.255 e. The fourth-order valence-corrected chi connectivity index (χ4v) is 4.64. The van der Waals surface area contributed by atoms with E-state index in [0.717, 1.165) is 34.8 Å². The van der Waals surface area contributed by atoms with Crippen LogP contribution in [0.15, 0.2) is 79.3 Å². The number of aryl methyl sites for hydroxylation is 1. The van der Waals surface area contributed by atoms with Gasteiger partial charge in [0.1, 0.15) is 0 Å². The van der Waals surface area contributed by atoms with Crippen LogP contribution in [0.4, 0.5) is 17.3 Å². The lowest BCUT2D eigenvalue weighted by Crippen LogP contribution is -2.30. The number of aromatic nitrogens is 3. The van der Waals surface area contributed by atoms with Gasteiger partial charge in [0.05, 0.1) is 5.69 Å². The van der Waals surface area contributed by atoms with Crippen molar-refractivity contribution in [3.05, 3.63) is 95.9 Å². The van der Waals surface area contributed by atoms with E-state index in [1.165, 1.54) is 31.5 Å². The number of nitrogens with one attached hydrogen (secondary N) is 2. The maximum atomic E-state index is 12.9. The average molecular weight is 589 g/mol. The van der Waals surface area contributed by atoms with Gasteiger partial charge in [0.2, 0.25) is 5.95 Å². The van der Waals surface area contributed by atoms with Crippen LogP contribution in [-0.2, 0) is 16.5 Å². The normalized spacial score (nSPS) is 14.0. The highest BCUT2D eigenvalue weighted by atomic mass is 32.2. The highest BCUT2D eigenvalue weighted by Gasteiger charge is 2.17. The van der Waals surface area contributed by atoms with Gasteiger partial charge in [-0.15, -0.1) is 0 Å². The molecule has 11 heteroatoms. The molecule has 1 amide bonds. The van der Waals surface area contributed by atoms with E-state index < -0.39 is 10.1 Å². The zero-order valence-electron chi connectivity index (χ0n) is 23.7. The first-order valence-corrected chi connectivity index (χ1v) is 15.2. The third-order valence-corrected chi connectivity index (χ3v) is 6.93. The van der Waals surface area contributed by atoms with E-state index in [-0.39, 0.29) is 5.91 Å². The number of carbonyl (C=O) groups excluding carboxylic acids is 1. The molecule has 5 rings (SSSR count). The number of benzene rings is 2. The molecule has 2 aromatic carbocycles. The summed E-state index contributed by atoms with van der Waals surface area (Å²) in [7, 11) is -1.48. The molecule has 1 aliphatic heterocycles. The second kappa shape index (κ2) is 14.1. The number of piperidine rings is 1. The Morgan fingerprint density at radius 1 is 1.07 bits per heavy atom. The molecule has 1 fully saturated rings. The standard InChI is InChI=1S/C30H32N6O.CH4O3S/c1-21-5-10-26(19-28(21)35-30-32-15-11-27(34-30)25-4-3-14-31-20-25)33-29(37)24-8-6-22(7-9-24)18-23-12-16-36(2)17-13-23;1-5(2,3)4/h3-11,14-15,19-20,23H,12-13,16-18H2,1-2H3,(H,33,37)(H,32,34,35);1H2,(H2,2,3,4). The van der Waals surface area contributed by atoms with Crippen molar-refractivity contribution in [3.63, 3.8) is 0 Å². The van der Waals surface area contributed by atoms with Crippen LogP contribution in [0.1, 0.15) is 34.3 Å². The molecule has 1 saturated heterocycles. The molecule has 0 bridgehead atoms. The molecule has 2 aromatic heterocycles. The number of hydrogen-bond acceptors (Lipinski definition) is 7. The summed E-state index contributed by atoms with van der Waals surface area (Å²) in [6.07, 6.45) is 8.77. The van der Waals surface area contributed by atoms with Crippen LogP contribution in [0.25, 0.3) is 11.3 Å². The highest BCUT2D eigenvalue weighted by molar-refractivity contribution is 7.89. The minimum Gasteiger partial charge on any atom is -0.324 e. The summed E-state index contributed by atoms with van der Waals surface area (Å²) in [6.45, 7) is 4.34. The van der Waals surface area contributed by atoms with Crippen molar-refractivity contribution >= 4 is 39.2 Å². The summed E-state index contributed by atoms with van der Waals surface area (Å²) >= 11 is 0. The number of nitrogens with zero attached hydrogens (tertiary/aromatic N) is 4. The van der Waals surface area contributed by atoms with E-state index in [0.29, 0.717) is 17.2 Å². The molecular formula is C31H36N6O4S. The van der Waals surface area contributed by atoms with E-state index in [4.69, 9.17) is 9.11 Å². The zero-order valence-corrected chi connectivity index (χ0v) is 24.6. The second-order valence-electron chi connectivity index (χ2n) is 10.4. The predicted octanol–water partition coefficient (Wildman–Crippen LogP) is 5.38. The molecule has 3 heterocycles. The summed E-state index contributed by atoms with van der Waals surface area (Å²) in [5, 5.41) is 6.31. The molecule has 220 valence electrons. The van der Waals surface area contributed by atoms with E-state index >= 15 is 0 Å². The molecule has 0 spiro atoms. The predicted molar refractivity (Wildman–Crippen MR) is 169 cm³/mol. The van der Waals surface area contributed by atoms with Gasteiger partial charge in [0.15, 0.2) is 10.1 Å². The minimum atomic E-state index is -3.67. The molecule has 0 radical (unpaired) electrons. The third-order valence-electron chi connectivity index (χ3n) is 6.93. The number of amides is 1. The smallest absolute Gasteiger partial charge is 0.255 e. The van der Waals surface area contributed by atoms with Crippen LogP contribution in [-0.4, -0.2) is 65.1 Å². The Morgan fingerprint density at radius 2 is 1.79 bits per heavy atom. The van der Waals surface area contributed by atoms with Gasteiger partial charge in [-0.05, 0) is 106 Å².